The largest absolute Gasteiger partial charge is 0.370 e. The Morgan fingerprint density at radius 2 is 1.89 bits per heavy atom. The summed E-state index contributed by atoms with van der Waals surface area (Å²) in [5, 5.41) is 14.2. The molecule has 1 aliphatic heterocycles. The van der Waals surface area contributed by atoms with Gasteiger partial charge in [0.25, 0.3) is 5.69 Å². The lowest BCUT2D eigenvalue weighted by Gasteiger charge is -2.33. The first-order valence-corrected chi connectivity index (χ1v) is 9.34. The first-order valence-electron chi connectivity index (χ1n) is 8.96. The molecule has 0 radical (unpaired) electrons. The van der Waals surface area contributed by atoms with Crippen molar-refractivity contribution in [3.63, 3.8) is 0 Å². The number of benzene rings is 2. The number of hydrogen-bond donors (Lipinski definition) is 1. The molecule has 1 amide bonds. The number of rotatable bonds is 5. The second-order valence-corrected chi connectivity index (χ2v) is 7.26. The quantitative estimate of drug-likeness (QED) is 0.619. The van der Waals surface area contributed by atoms with Gasteiger partial charge in [0.15, 0.2) is 0 Å². The zero-order chi connectivity index (χ0) is 19.4. The number of non-ortho nitro benzene ring substituents is 1. The molecule has 0 saturated carbocycles. The van der Waals surface area contributed by atoms with Gasteiger partial charge in [-0.1, -0.05) is 41.4 Å². The highest BCUT2D eigenvalue weighted by molar-refractivity contribution is 6.33. The van der Waals surface area contributed by atoms with E-state index in [0.29, 0.717) is 24.7 Å². The van der Waals surface area contributed by atoms with Gasteiger partial charge in [-0.2, -0.15) is 0 Å². The average molecular weight is 388 g/mol. The van der Waals surface area contributed by atoms with Gasteiger partial charge >= 0.3 is 0 Å². The van der Waals surface area contributed by atoms with Crippen LogP contribution in [0.1, 0.15) is 24.0 Å². The van der Waals surface area contributed by atoms with E-state index in [-0.39, 0.29) is 17.5 Å². The molecule has 0 bridgehead atoms. The number of aryl methyl sites for hydroxylation is 1. The van der Waals surface area contributed by atoms with Crippen LogP contribution in [-0.2, 0) is 11.3 Å². The topological polar surface area (TPSA) is 75.5 Å². The van der Waals surface area contributed by atoms with Crippen LogP contribution in [-0.4, -0.2) is 23.9 Å². The first kappa shape index (κ1) is 19.2. The van der Waals surface area contributed by atoms with Crippen molar-refractivity contribution in [2.75, 3.05) is 18.0 Å². The lowest BCUT2D eigenvalue weighted by molar-refractivity contribution is -0.384. The molecule has 142 valence electrons. The van der Waals surface area contributed by atoms with E-state index in [2.05, 4.69) is 10.2 Å². The summed E-state index contributed by atoms with van der Waals surface area (Å²) in [6.07, 6.45) is 1.46. The van der Waals surface area contributed by atoms with Crippen LogP contribution in [0.15, 0.2) is 42.5 Å². The lowest BCUT2D eigenvalue weighted by Crippen LogP contribution is -2.40. The summed E-state index contributed by atoms with van der Waals surface area (Å²) in [6.45, 7) is 3.96. The summed E-state index contributed by atoms with van der Waals surface area (Å²) in [7, 11) is 0. The van der Waals surface area contributed by atoms with Crippen LogP contribution in [0.3, 0.4) is 0 Å². The van der Waals surface area contributed by atoms with Crippen molar-refractivity contribution in [2.24, 2.45) is 5.92 Å². The van der Waals surface area contributed by atoms with Crippen LogP contribution < -0.4 is 10.2 Å². The van der Waals surface area contributed by atoms with Gasteiger partial charge in [-0.3, -0.25) is 14.9 Å². The molecule has 1 aliphatic rings. The molecule has 1 fully saturated rings. The van der Waals surface area contributed by atoms with Crippen molar-refractivity contribution in [1.29, 1.82) is 0 Å². The first-order chi connectivity index (χ1) is 12.9. The minimum atomic E-state index is -0.458. The molecule has 27 heavy (non-hydrogen) atoms. The van der Waals surface area contributed by atoms with E-state index in [9.17, 15) is 14.9 Å². The van der Waals surface area contributed by atoms with Crippen LogP contribution >= 0.6 is 11.6 Å². The second kappa shape index (κ2) is 8.39. The van der Waals surface area contributed by atoms with Crippen LogP contribution in [0.5, 0.6) is 0 Å². The molecule has 6 nitrogen and oxygen atoms in total. The summed E-state index contributed by atoms with van der Waals surface area (Å²) >= 11 is 6.21. The number of piperidine rings is 1. The highest BCUT2D eigenvalue weighted by atomic mass is 35.5. The minimum Gasteiger partial charge on any atom is -0.370 e. The zero-order valence-electron chi connectivity index (χ0n) is 15.2. The molecule has 0 aliphatic carbocycles. The summed E-state index contributed by atoms with van der Waals surface area (Å²) in [6, 6.07) is 12.6. The van der Waals surface area contributed by atoms with Gasteiger partial charge < -0.3 is 10.2 Å². The van der Waals surface area contributed by atoms with Gasteiger partial charge in [0.1, 0.15) is 0 Å². The Bertz CT molecular complexity index is 831. The van der Waals surface area contributed by atoms with Gasteiger partial charge in [-0.15, -0.1) is 0 Å². The number of anilines is 1. The smallest absolute Gasteiger partial charge is 0.271 e. The predicted molar refractivity (Wildman–Crippen MR) is 106 cm³/mol. The Labute approximate surface area is 163 Å². The minimum absolute atomic E-state index is 0.0193. The SMILES string of the molecule is Cc1ccc(CNC(=O)C2CCN(c3ccc([N+](=O)[O-])cc3Cl)CC2)cc1. The van der Waals surface area contributed by atoms with Crippen molar-refractivity contribution < 1.29 is 9.72 Å². The van der Waals surface area contributed by atoms with Crippen LogP contribution in [0.2, 0.25) is 5.02 Å². The molecule has 1 saturated heterocycles. The fourth-order valence-electron chi connectivity index (χ4n) is 3.29. The van der Waals surface area contributed by atoms with E-state index in [1.54, 1.807) is 6.07 Å². The highest BCUT2D eigenvalue weighted by Gasteiger charge is 2.26. The third kappa shape index (κ3) is 4.77. The van der Waals surface area contributed by atoms with Gasteiger partial charge in [-0.25, -0.2) is 0 Å². The Morgan fingerprint density at radius 1 is 1.22 bits per heavy atom. The summed E-state index contributed by atoms with van der Waals surface area (Å²) in [5.74, 6) is 0.0496. The third-order valence-corrected chi connectivity index (χ3v) is 5.24. The normalized spacial score (nSPS) is 14.8. The molecule has 3 rings (SSSR count). The van der Waals surface area contributed by atoms with E-state index >= 15 is 0 Å². The molecular weight excluding hydrogens is 366 g/mol. The summed E-state index contributed by atoms with van der Waals surface area (Å²) < 4.78 is 0. The Morgan fingerprint density at radius 3 is 2.48 bits per heavy atom. The Hall–Kier alpha value is -2.60. The van der Waals surface area contributed by atoms with Gasteiger partial charge in [0, 0.05) is 37.7 Å². The van der Waals surface area contributed by atoms with Crippen molar-refractivity contribution in [3.8, 4) is 0 Å². The van der Waals surface area contributed by atoms with E-state index in [0.717, 1.165) is 24.1 Å². The number of nitrogens with zero attached hydrogens (tertiary/aromatic N) is 2. The number of nitro benzene ring substituents is 1. The summed E-state index contributed by atoms with van der Waals surface area (Å²) in [4.78, 5) is 24.9. The van der Waals surface area contributed by atoms with E-state index in [4.69, 9.17) is 11.6 Å². The van der Waals surface area contributed by atoms with E-state index < -0.39 is 4.92 Å². The fourth-order valence-corrected chi connectivity index (χ4v) is 3.58. The van der Waals surface area contributed by atoms with Gasteiger partial charge in [-0.05, 0) is 31.4 Å². The van der Waals surface area contributed by atoms with Crippen molar-refractivity contribution in [2.45, 2.75) is 26.3 Å². The number of carbonyl (C=O) groups is 1. The molecule has 0 aromatic heterocycles. The molecule has 7 heteroatoms. The monoisotopic (exact) mass is 387 g/mol. The maximum Gasteiger partial charge on any atom is 0.271 e. The molecule has 0 unspecified atom stereocenters. The zero-order valence-corrected chi connectivity index (χ0v) is 15.9. The average Bonchev–Trinajstić information content (AvgIpc) is 2.67. The molecule has 1 N–H and O–H groups in total. The second-order valence-electron chi connectivity index (χ2n) is 6.86. The molecule has 0 spiro atoms. The standard InChI is InChI=1S/C20H22ClN3O3/c1-14-2-4-15(5-3-14)13-22-20(25)16-8-10-23(11-9-16)19-7-6-17(24(26)27)12-18(19)21/h2-7,12,16H,8-11,13H2,1H3,(H,22,25). The Kier molecular flexibility index (Phi) is 5.96. The number of hydrogen-bond acceptors (Lipinski definition) is 4. The third-order valence-electron chi connectivity index (χ3n) is 4.94. The molecule has 2 aromatic carbocycles. The van der Waals surface area contributed by atoms with Gasteiger partial charge in [0.2, 0.25) is 5.91 Å². The molecular formula is C20H22ClN3O3. The number of nitrogens with one attached hydrogen (secondary N) is 1. The van der Waals surface area contributed by atoms with Crippen molar-refractivity contribution in [1.82, 2.24) is 5.32 Å². The van der Waals surface area contributed by atoms with E-state index in [1.807, 2.05) is 31.2 Å². The molecule has 2 aromatic rings. The van der Waals surface area contributed by atoms with Crippen molar-refractivity contribution >= 4 is 28.9 Å². The number of nitro groups is 1. The van der Waals surface area contributed by atoms with Crippen LogP contribution in [0, 0.1) is 23.0 Å². The number of halogens is 1. The predicted octanol–water partition coefficient (Wildman–Crippen LogP) is 4.09. The van der Waals surface area contributed by atoms with E-state index in [1.165, 1.54) is 17.7 Å². The number of carbonyl (C=O) groups excluding carboxylic acids is 1. The Balaban J connectivity index is 1.53. The molecule has 1 heterocycles. The van der Waals surface area contributed by atoms with Crippen LogP contribution in [0.4, 0.5) is 11.4 Å². The van der Waals surface area contributed by atoms with Gasteiger partial charge in [0.05, 0.1) is 15.6 Å². The van der Waals surface area contributed by atoms with Crippen LogP contribution in [0.25, 0.3) is 0 Å². The maximum absolute atomic E-state index is 12.4. The lowest BCUT2D eigenvalue weighted by atomic mass is 9.95. The number of amides is 1. The highest BCUT2D eigenvalue weighted by Crippen LogP contribution is 2.32. The maximum atomic E-state index is 12.4. The summed E-state index contributed by atoms with van der Waals surface area (Å²) in [5.41, 5.74) is 3.04. The molecule has 0 atom stereocenters. The van der Waals surface area contributed by atoms with Crippen molar-refractivity contribution in [3.05, 3.63) is 68.7 Å². The fraction of sp³-hybridized carbons (Fsp3) is 0.350.